The van der Waals surface area contributed by atoms with Crippen molar-refractivity contribution < 1.29 is 20.1 Å². The van der Waals surface area contributed by atoms with Gasteiger partial charge in [-0.2, -0.15) is 0 Å². The van der Waals surface area contributed by atoms with Crippen molar-refractivity contribution in [3.8, 4) is 0 Å². The van der Waals surface area contributed by atoms with Gasteiger partial charge in [0.1, 0.15) is 0 Å². The molecule has 0 radical (unpaired) electrons. The Bertz CT molecular complexity index is 311. The monoisotopic (exact) mass is 254 g/mol. The summed E-state index contributed by atoms with van der Waals surface area (Å²) in [6.07, 6.45) is -0.380. The normalized spacial score (nSPS) is 14.7. The van der Waals surface area contributed by atoms with E-state index in [0.717, 1.165) is 5.56 Å². The third kappa shape index (κ3) is 4.38. The average Bonchev–Trinajstić information content (AvgIpc) is 2.42. The number of aliphatic hydroxyl groups excluding tert-OH is 3. The van der Waals surface area contributed by atoms with Gasteiger partial charge >= 0.3 is 0 Å². The zero-order valence-electron chi connectivity index (χ0n) is 10.7. The molecule has 2 unspecified atom stereocenters. The first-order valence-electron chi connectivity index (χ1n) is 6.21. The second-order valence-corrected chi connectivity index (χ2v) is 4.50. The Kier molecular flexibility index (Phi) is 6.90. The number of aliphatic hydroxyl groups is 3. The largest absolute Gasteiger partial charge is 0.396 e. The van der Waals surface area contributed by atoms with Crippen molar-refractivity contribution in [3.05, 3.63) is 35.9 Å². The smallest absolute Gasteiger partial charge is 0.0840 e. The molecule has 0 spiro atoms. The van der Waals surface area contributed by atoms with Crippen LogP contribution >= 0.6 is 0 Å². The Morgan fingerprint density at radius 1 is 1.00 bits per heavy atom. The van der Waals surface area contributed by atoms with Gasteiger partial charge in [0, 0.05) is 19.1 Å². The molecule has 4 nitrogen and oxygen atoms in total. The molecular formula is C14H22O4. The van der Waals surface area contributed by atoms with E-state index in [1.165, 1.54) is 0 Å². The Hall–Kier alpha value is -0.940. The van der Waals surface area contributed by atoms with Gasteiger partial charge in [0.2, 0.25) is 0 Å². The van der Waals surface area contributed by atoms with Crippen molar-refractivity contribution in [2.45, 2.75) is 19.6 Å². The molecule has 4 heteroatoms. The van der Waals surface area contributed by atoms with Gasteiger partial charge in [-0.1, -0.05) is 37.3 Å². The van der Waals surface area contributed by atoms with Gasteiger partial charge in [0.25, 0.3) is 0 Å². The summed E-state index contributed by atoms with van der Waals surface area (Å²) in [6, 6.07) is 9.70. The Morgan fingerprint density at radius 3 is 2.11 bits per heavy atom. The van der Waals surface area contributed by atoms with Crippen LogP contribution in [-0.4, -0.2) is 41.2 Å². The zero-order valence-corrected chi connectivity index (χ0v) is 10.7. The summed E-state index contributed by atoms with van der Waals surface area (Å²) in [5.74, 6) is -0.369. The van der Waals surface area contributed by atoms with Gasteiger partial charge in [-0.05, 0) is 11.5 Å². The van der Waals surface area contributed by atoms with Crippen LogP contribution in [0, 0.1) is 11.8 Å². The fraction of sp³-hybridized carbons (Fsp3) is 0.571. The van der Waals surface area contributed by atoms with E-state index in [-0.39, 0.29) is 37.8 Å². The molecule has 0 amide bonds. The van der Waals surface area contributed by atoms with Crippen molar-refractivity contribution in [2.24, 2.45) is 11.8 Å². The summed E-state index contributed by atoms with van der Waals surface area (Å²) < 4.78 is 5.65. The van der Waals surface area contributed by atoms with Crippen molar-refractivity contribution in [2.75, 3.05) is 19.8 Å². The first kappa shape index (κ1) is 15.1. The third-order valence-electron chi connectivity index (χ3n) is 3.29. The number of ether oxygens (including phenoxy) is 1. The molecule has 0 aliphatic carbocycles. The van der Waals surface area contributed by atoms with Gasteiger partial charge in [-0.15, -0.1) is 0 Å². The Balaban J connectivity index is 2.51. The lowest BCUT2D eigenvalue weighted by atomic mass is 9.90. The highest BCUT2D eigenvalue weighted by Crippen LogP contribution is 2.18. The quantitative estimate of drug-likeness (QED) is 0.642. The van der Waals surface area contributed by atoms with Crippen LogP contribution in [0.5, 0.6) is 0 Å². The molecule has 0 heterocycles. The maximum atomic E-state index is 9.33. The first-order valence-corrected chi connectivity index (χ1v) is 6.21. The lowest BCUT2D eigenvalue weighted by molar-refractivity contribution is -0.0570. The first-order chi connectivity index (χ1) is 8.72. The molecule has 0 aliphatic heterocycles. The molecule has 0 aliphatic rings. The molecule has 2 atom stereocenters. The van der Waals surface area contributed by atoms with Gasteiger partial charge in [-0.25, -0.2) is 0 Å². The molecule has 0 fully saturated rings. The number of rotatable bonds is 8. The van der Waals surface area contributed by atoms with Crippen molar-refractivity contribution >= 4 is 0 Å². The summed E-state index contributed by atoms with van der Waals surface area (Å²) in [5.41, 5.74) is 1.03. The zero-order chi connectivity index (χ0) is 13.4. The minimum absolute atomic E-state index is 0.103. The summed E-state index contributed by atoms with van der Waals surface area (Å²) in [6.45, 7) is 1.94. The van der Waals surface area contributed by atoms with Crippen molar-refractivity contribution in [1.29, 1.82) is 0 Å². The predicted molar refractivity (Wildman–Crippen MR) is 68.9 cm³/mol. The highest BCUT2D eigenvalue weighted by Gasteiger charge is 2.25. The van der Waals surface area contributed by atoms with Crippen LogP contribution in [0.4, 0.5) is 0 Å². The fourth-order valence-corrected chi connectivity index (χ4v) is 1.84. The van der Waals surface area contributed by atoms with Gasteiger partial charge in [0.05, 0.1) is 19.3 Å². The van der Waals surface area contributed by atoms with Gasteiger partial charge < -0.3 is 20.1 Å². The molecule has 1 aromatic carbocycles. The highest BCUT2D eigenvalue weighted by molar-refractivity contribution is 5.13. The van der Waals surface area contributed by atoms with E-state index >= 15 is 0 Å². The van der Waals surface area contributed by atoms with E-state index in [0.29, 0.717) is 6.61 Å². The summed E-state index contributed by atoms with van der Waals surface area (Å²) in [5, 5.41) is 27.6. The van der Waals surface area contributed by atoms with E-state index in [4.69, 9.17) is 14.9 Å². The van der Waals surface area contributed by atoms with Crippen LogP contribution in [0.25, 0.3) is 0 Å². The molecule has 0 bridgehead atoms. The average molecular weight is 254 g/mol. The van der Waals surface area contributed by atoms with Crippen LogP contribution in [-0.2, 0) is 11.3 Å². The highest BCUT2D eigenvalue weighted by atomic mass is 16.5. The molecule has 0 saturated carbocycles. The summed E-state index contributed by atoms with van der Waals surface area (Å²) in [7, 11) is 0. The van der Waals surface area contributed by atoms with E-state index in [1.54, 1.807) is 0 Å². The van der Waals surface area contributed by atoms with Gasteiger partial charge in [0.15, 0.2) is 0 Å². The van der Waals surface area contributed by atoms with Gasteiger partial charge in [-0.3, -0.25) is 0 Å². The topological polar surface area (TPSA) is 69.9 Å². The number of hydrogen-bond donors (Lipinski definition) is 3. The maximum Gasteiger partial charge on any atom is 0.0840 e. The molecule has 1 aromatic rings. The molecule has 0 saturated heterocycles. The van der Waals surface area contributed by atoms with Crippen LogP contribution in [0.2, 0.25) is 0 Å². The van der Waals surface area contributed by atoms with Crippen LogP contribution in [0.1, 0.15) is 12.5 Å². The van der Waals surface area contributed by atoms with Crippen LogP contribution in [0.15, 0.2) is 30.3 Å². The summed E-state index contributed by atoms with van der Waals surface area (Å²) in [4.78, 5) is 0. The molecule has 0 aromatic heterocycles. The predicted octanol–water partition coefficient (Wildman–Crippen LogP) is 0.801. The van der Waals surface area contributed by atoms with E-state index in [2.05, 4.69) is 0 Å². The lowest BCUT2D eigenvalue weighted by Crippen LogP contribution is -2.34. The number of benzene rings is 1. The van der Waals surface area contributed by atoms with Crippen LogP contribution < -0.4 is 0 Å². The maximum absolute atomic E-state index is 9.33. The second kappa shape index (κ2) is 8.21. The molecular weight excluding hydrogens is 232 g/mol. The van der Waals surface area contributed by atoms with E-state index < -0.39 is 0 Å². The minimum Gasteiger partial charge on any atom is -0.396 e. The molecule has 3 N–H and O–H groups in total. The second-order valence-electron chi connectivity index (χ2n) is 4.50. The molecule has 18 heavy (non-hydrogen) atoms. The van der Waals surface area contributed by atoms with Crippen molar-refractivity contribution in [1.82, 2.24) is 0 Å². The van der Waals surface area contributed by atoms with Crippen LogP contribution in [0.3, 0.4) is 0 Å². The fourth-order valence-electron chi connectivity index (χ4n) is 1.84. The minimum atomic E-state index is -0.380. The lowest BCUT2D eigenvalue weighted by Gasteiger charge is -2.27. The van der Waals surface area contributed by atoms with Crippen molar-refractivity contribution in [3.63, 3.8) is 0 Å². The van der Waals surface area contributed by atoms with E-state index in [9.17, 15) is 5.11 Å². The Morgan fingerprint density at radius 2 is 1.61 bits per heavy atom. The SMILES string of the molecule is CC(C(CO)CO)C(CO)OCc1ccccc1. The molecule has 1 rings (SSSR count). The standard InChI is InChI=1S/C14H22O4/c1-11(13(7-15)8-16)14(9-17)18-10-12-5-3-2-4-6-12/h2-6,11,13-17H,7-10H2,1H3. The summed E-state index contributed by atoms with van der Waals surface area (Å²) >= 11 is 0. The number of hydrogen-bond acceptors (Lipinski definition) is 4. The molecule has 102 valence electrons. The third-order valence-corrected chi connectivity index (χ3v) is 3.29. The Labute approximate surface area is 108 Å². The van der Waals surface area contributed by atoms with E-state index in [1.807, 2.05) is 37.3 Å².